The van der Waals surface area contributed by atoms with E-state index >= 15 is 0 Å². The van der Waals surface area contributed by atoms with Gasteiger partial charge in [0.2, 0.25) is 0 Å². The fourth-order valence-electron chi connectivity index (χ4n) is 2.53. The molecule has 0 bridgehead atoms. The van der Waals surface area contributed by atoms with E-state index in [-0.39, 0.29) is 5.91 Å². The van der Waals surface area contributed by atoms with Crippen LogP contribution >= 0.6 is 11.6 Å². The molecule has 1 aromatic carbocycles. The molecule has 2 heterocycles. The summed E-state index contributed by atoms with van der Waals surface area (Å²) in [5.74, 6) is 0.542. The van der Waals surface area contributed by atoms with E-state index < -0.39 is 0 Å². The highest BCUT2D eigenvalue weighted by Gasteiger charge is 2.13. The van der Waals surface area contributed by atoms with Crippen LogP contribution in [0.4, 0.5) is 0 Å². The highest BCUT2D eigenvalue weighted by molar-refractivity contribution is 6.32. The number of fused-ring (bicyclic) bond motifs is 1. The number of ether oxygens (including phenoxy) is 2. The Balaban J connectivity index is 1.64. The van der Waals surface area contributed by atoms with E-state index in [0.29, 0.717) is 36.2 Å². The van der Waals surface area contributed by atoms with E-state index in [4.69, 9.17) is 21.1 Å². The summed E-state index contributed by atoms with van der Waals surface area (Å²) in [6.07, 6.45) is 1.50. The lowest BCUT2D eigenvalue weighted by Gasteiger charge is -2.25. The lowest BCUT2D eigenvalue weighted by Crippen LogP contribution is -2.42. The maximum absolute atomic E-state index is 11.9. The summed E-state index contributed by atoms with van der Waals surface area (Å²) in [4.78, 5) is 18.3. The molecule has 3 rings (SSSR count). The third-order valence-corrected chi connectivity index (χ3v) is 4.17. The Morgan fingerprint density at radius 2 is 2.24 bits per heavy atom. The number of carbonyl (C=O) groups is 1. The summed E-state index contributed by atoms with van der Waals surface area (Å²) >= 11 is 6.19. The Morgan fingerprint density at radius 3 is 3.00 bits per heavy atom. The largest absolute Gasteiger partial charge is 0.497 e. The summed E-state index contributed by atoms with van der Waals surface area (Å²) in [6.45, 7) is 3.10. The average molecular weight is 363 g/mol. The molecule has 1 amide bonds. The molecular formula is C17H19ClN4O3. The van der Waals surface area contributed by atoms with Crippen molar-refractivity contribution in [2.45, 2.75) is 0 Å². The number of rotatable bonds is 5. The first-order chi connectivity index (χ1) is 12.2. The number of amides is 1. The second-order valence-electron chi connectivity index (χ2n) is 5.61. The van der Waals surface area contributed by atoms with Crippen LogP contribution in [0.3, 0.4) is 0 Å². The fraction of sp³-hybridized carbons (Fsp3) is 0.353. The molecule has 2 aromatic rings. The summed E-state index contributed by atoms with van der Waals surface area (Å²) in [5, 5.41) is 5.20. The van der Waals surface area contributed by atoms with Gasteiger partial charge in [-0.25, -0.2) is 10.4 Å². The number of hydrazone groups is 1. The minimum absolute atomic E-state index is 0.173. The molecule has 1 saturated heterocycles. The molecule has 0 atom stereocenters. The molecule has 132 valence electrons. The zero-order valence-electron chi connectivity index (χ0n) is 13.9. The van der Waals surface area contributed by atoms with E-state index in [1.54, 1.807) is 7.11 Å². The van der Waals surface area contributed by atoms with Crippen LogP contribution in [0.15, 0.2) is 29.4 Å². The van der Waals surface area contributed by atoms with Crippen molar-refractivity contribution in [2.75, 3.05) is 40.0 Å². The van der Waals surface area contributed by atoms with Gasteiger partial charge in [0.25, 0.3) is 5.91 Å². The molecule has 1 fully saturated rings. The molecular weight excluding hydrogens is 344 g/mol. The van der Waals surface area contributed by atoms with Crippen LogP contribution in [0.1, 0.15) is 5.56 Å². The molecule has 25 heavy (non-hydrogen) atoms. The van der Waals surface area contributed by atoms with E-state index in [9.17, 15) is 4.79 Å². The van der Waals surface area contributed by atoms with Gasteiger partial charge in [-0.15, -0.1) is 0 Å². The molecule has 0 spiro atoms. The van der Waals surface area contributed by atoms with Gasteiger partial charge in [0.1, 0.15) is 10.9 Å². The first kappa shape index (κ1) is 17.6. The maximum atomic E-state index is 11.9. The lowest BCUT2D eigenvalue weighted by molar-refractivity contribution is -0.123. The monoisotopic (exact) mass is 362 g/mol. The highest BCUT2D eigenvalue weighted by Crippen LogP contribution is 2.23. The minimum atomic E-state index is -0.173. The van der Waals surface area contributed by atoms with Crippen LogP contribution in [0, 0.1) is 0 Å². The first-order valence-electron chi connectivity index (χ1n) is 7.92. The predicted molar refractivity (Wildman–Crippen MR) is 96.3 cm³/mol. The number of nitrogens with one attached hydrogen (secondary N) is 1. The van der Waals surface area contributed by atoms with E-state index in [2.05, 4.69) is 15.5 Å². The summed E-state index contributed by atoms with van der Waals surface area (Å²) < 4.78 is 10.4. The quantitative estimate of drug-likeness (QED) is 0.497. The van der Waals surface area contributed by atoms with Gasteiger partial charge in [0, 0.05) is 30.1 Å². The topological polar surface area (TPSA) is 76.0 Å². The lowest BCUT2D eigenvalue weighted by atomic mass is 10.1. The van der Waals surface area contributed by atoms with Crippen LogP contribution in [-0.2, 0) is 9.53 Å². The van der Waals surface area contributed by atoms with Crippen LogP contribution in [0.2, 0.25) is 5.15 Å². The average Bonchev–Trinajstić information content (AvgIpc) is 2.62. The molecule has 0 radical (unpaired) electrons. The number of halogens is 1. The number of pyridine rings is 1. The molecule has 0 unspecified atom stereocenters. The number of benzene rings is 1. The molecule has 1 N–H and O–H groups in total. The number of carbonyl (C=O) groups excluding carboxylic acids is 1. The Labute approximate surface area is 150 Å². The van der Waals surface area contributed by atoms with Crippen molar-refractivity contribution in [3.05, 3.63) is 35.0 Å². The number of methoxy groups -OCH3 is 1. The normalized spacial score (nSPS) is 15.6. The van der Waals surface area contributed by atoms with Gasteiger partial charge in [-0.1, -0.05) is 11.6 Å². The number of nitrogens with zero attached hydrogens (tertiary/aromatic N) is 3. The highest BCUT2D eigenvalue weighted by atomic mass is 35.5. The smallest absolute Gasteiger partial charge is 0.254 e. The second-order valence-corrected chi connectivity index (χ2v) is 5.97. The van der Waals surface area contributed by atoms with Crippen molar-refractivity contribution in [2.24, 2.45) is 5.10 Å². The van der Waals surface area contributed by atoms with Crippen molar-refractivity contribution in [1.82, 2.24) is 15.3 Å². The predicted octanol–water partition coefficient (Wildman–Crippen LogP) is 1.68. The van der Waals surface area contributed by atoms with Gasteiger partial charge in [-0.2, -0.15) is 5.10 Å². The molecule has 0 aliphatic carbocycles. The summed E-state index contributed by atoms with van der Waals surface area (Å²) in [7, 11) is 1.60. The number of aromatic nitrogens is 1. The molecule has 1 aliphatic rings. The van der Waals surface area contributed by atoms with E-state index in [0.717, 1.165) is 24.0 Å². The third-order valence-electron chi connectivity index (χ3n) is 3.87. The van der Waals surface area contributed by atoms with Crippen LogP contribution < -0.4 is 10.2 Å². The van der Waals surface area contributed by atoms with Gasteiger partial charge in [-0.05, 0) is 18.2 Å². The Bertz CT molecular complexity index is 791. The Kier molecular flexibility index (Phi) is 5.80. The number of morpholine rings is 1. The van der Waals surface area contributed by atoms with Crippen molar-refractivity contribution in [3.8, 4) is 5.75 Å². The van der Waals surface area contributed by atoms with Gasteiger partial charge >= 0.3 is 0 Å². The minimum Gasteiger partial charge on any atom is -0.497 e. The zero-order chi connectivity index (χ0) is 17.6. The maximum Gasteiger partial charge on any atom is 0.254 e. The van der Waals surface area contributed by atoms with Crippen molar-refractivity contribution in [3.63, 3.8) is 0 Å². The van der Waals surface area contributed by atoms with Crippen LogP contribution in [0.5, 0.6) is 5.75 Å². The van der Waals surface area contributed by atoms with Crippen molar-refractivity contribution >= 4 is 34.6 Å². The summed E-state index contributed by atoms with van der Waals surface area (Å²) in [6, 6.07) is 7.42. The van der Waals surface area contributed by atoms with Gasteiger partial charge in [0.05, 0.1) is 38.6 Å². The molecule has 8 heteroatoms. The first-order valence-corrected chi connectivity index (χ1v) is 8.30. The van der Waals surface area contributed by atoms with Gasteiger partial charge in [0.15, 0.2) is 0 Å². The van der Waals surface area contributed by atoms with Crippen molar-refractivity contribution in [1.29, 1.82) is 0 Å². The Morgan fingerprint density at radius 1 is 1.44 bits per heavy atom. The second kappa shape index (κ2) is 8.24. The molecule has 1 aliphatic heterocycles. The molecule has 7 nitrogen and oxygen atoms in total. The van der Waals surface area contributed by atoms with Gasteiger partial charge in [-0.3, -0.25) is 9.69 Å². The van der Waals surface area contributed by atoms with E-state index in [1.807, 2.05) is 29.2 Å². The van der Waals surface area contributed by atoms with Crippen LogP contribution in [0.25, 0.3) is 10.9 Å². The zero-order valence-corrected chi connectivity index (χ0v) is 14.6. The number of hydrogen-bond donors (Lipinski definition) is 1. The fourth-order valence-corrected chi connectivity index (χ4v) is 2.72. The van der Waals surface area contributed by atoms with Crippen molar-refractivity contribution < 1.29 is 14.3 Å². The number of hydrogen-bond acceptors (Lipinski definition) is 6. The molecule has 0 saturated carbocycles. The summed E-state index contributed by atoms with van der Waals surface area (Å²) in [5.41, 5.74) is 3.88. The van der Waals surface area contributed by atoms with E-state index in [1.165, 1.54) is 6.21 Å². The van der Waals surface area contributed by atoms with Gasteiger partial charge < -0.3 is 9.47 Å². The SMILES string of the molecule is COc1ccc2cc(/C=N/NC(=O)CN3CCOCC3)c(Cl)nc2c1. The third kappa shape index (κ3) is 4.66. The Hall–Kier alpha value is -2.22. The standard InChI is InChI=1S/C17H19ClN4O3/c1-24-14-3-2-12-8-13(17(18)20-15(12)9-14)10-19-21-16(23)11-22-4-6-25-7-5-22/h2-3,8-10H,4-7,11H2,1H3,(H,21,23)/b19-10+. The van der Waals surface area contributed by atoms with Crippen LogP contribution in [-0.4, -0.2) is 62.0 Å². The molecule has 1 aromatic heterocycles.